The maximum absolute atomic E-state index is 13.2. The first-order chi connectivity index (χ1) is 8.61. The third-order valence-electron chi connectivity index (χ3n) is 2.67. The van der Waals surface area contributed by atoms with Crippen LogP contribution in [-0.4, -0.2) is 7.05 Å². The predicted octanol–water partition coefficient (Wildman–Crippen LogP) is 4.52. The molecule has 94 valence electrons. The summed E-state index contributed by atoms with van der Waals surface area (Å²) in [6, 6.07) is 10.3. The Morgan fingerprint density at radius 2 is 1.89 bits per heavy atom. The van der Waals surface area contributed by atoms with E-state index in [-0.39, 0.29) is 5.02 Å². The number of nitrogens with one attached hydrogen (secondary N) is 1. The summed E-state index contributed by atoms with van der Waals surface area (Å²) in [6.07, 6.45) is 0. The fourth-order valence-electron chi connectivity index (χ4n) is 1.83. The predicted molar refractivity (Wildman–Crippen MR) is 74.6 cm³/mol. The topological polar surface area (TPSA) is 12.0 Å². The smallest absolute Gasteiger partial charge is 0.141 e. The van der Waals surface area contributed by atoms with E-state index in [0.29, 0.717) is 11.6 Å². The van der Waals surface area contributed by atoms with Crippen LogP contribution in [0.15, 0.2) is 36.4 Å². The van der Waals surface area contributed by atoms with Gasteiger partial charge in [-0.25, -0.2) is 4.39 Å². The Balaban J connectivity index is 2.54. The number of benzene rings is 2. The quantitative estimate of drug-likeness (QED) is 0.873. The highest BCUT2D eigenvalue weighted by Gasteiger charge is 2.08. The Labute approximate surface area is 116 Å². The summed E-state index contributed by atoms with van der Waals surface area (Å²) >= 11 is 11.8. The highest BCUT2D eigenvalue weighted by molar-refractivity contribution is 6.31. The molecule has 0 saturated heterocycles. The van der Waals surface area contributed by atoms with Crippen molar-refractivity contribution >= 4 is 23.2 Å². The molecule has 1 nitrogen and oxygen atoms in total. The van der Waals surface area contributed by atoms with Gasteiger partial charge in [0.05, 0.1) is 5.02 Å². The molecule has 18 heavy (non-hydrogen) atoms. The first kappa shape index (κ1) is 13.3. The van der Waals surface area contributed by atoms with Gasteiger partial charge in [-0.3, -0.25) is 0 Å². The molecule has 4 heteroatoms. The summed E-state index contributed by atoms with van der Waals surface area (Å²) in [7, 11) is 1.87. The second-order valence-corrected chi connectivity index (χ2v) is 4.80. The fourth-order valence-corrected chi connectivity index (χ4v) is 2.18. The van der Waals surface area contributed by atoms with Crippen LogP contribution in [-0.2, 0) is 6.54 Å². The Morgan fingerprint density at radius 1 is 1.11 bits per heavy atom. The van der Waals surface area contributed by atoms with Gasteiger partial charge in [0.2, 0.25) is 0 Å². The maximum atomic E-state index is 13.2. The minimum atomic E-state index is -0.419. The summed E-state index contributed by atoms with van der Waals surface area (Å²) in [5.74, 6) is -0.419. The van der Waals surface area contributed by atoms with Crippen molar-refractivity contribution in [3.8, 4) is 11.1 Å². The molecule has 1 N–H and O–H groups in total. The number of hydrogen-bond donors (Lipinski definition) is 1. The zero-order valence-corrected chi connectivity index (χ0v) is 11.3. The van der Waals surface area contributed by atoms with Crippen molar-refractivity contribution in [3.05, 3.63) is 57.8 Å². The average molecular weight is 284 g/mol. The van der Waals surface area contributed by atoms with E-state index in [2.05, 4.69) is 5.32 Å². The van der Waals surface area contributed by atoms with Gasteiger partial charge in [-0.05, 0) is 48.0 Å². The van der Waals surface area contributed by atoms with Crippen LogP contribution in [0.3, 0.4) is 0 Å². The molecule has 0 aliphatic carbocycles. The first-order valence-corrected chi connectivity index (χ1v) is 6.26. The van der Waals surface area contributed by atoms with Gasteiger partial charge in [0.1, 0.15) is 5.82 Å². The second-order valence-electron chi connectivity index (χ2n) is 3.96. The molecule has 2 aromatic carbocycles. The van der Waals surface area contributed by atoms with Crippen LogP contribution in [0.4, 0.5) is 4.39 Å². The van der Waals surface area contributed by atoms with Gasteiger partial charge >= 0.3 is 0 Å². The molecule has 0 aliphatic rings. The molecule has 0 aliphatic heterocycles. The van der Waals surface area contributed by atoms with Gasteiger partial charge < -0.3 is 5.32 Å². The molecule has 2 rings (SSSR count). The van der Waals surface area contributed by atoms with E-state index in [1.807, 2.05) is 25.2 Å². The molecule has 0 aromatic heterocycles. The number of rotatable bonds is 3. The van der Waals surface area contributed by atoms with Crippen molar-refractivity contribution in [1.29, 1.82) is 0 Å². The minimum absolute atomic E-state index is 0.114. The van der Waals surface area contributed by atoms with Crippen LogP contribution in [0.5, 0.6) is 0 Å². The van der Waals surface area contributed by atoms with Gasteiger partial charge in [0.15, 0.2) is 0 Å². The molecule has 0 atom stereocenters. The Morgan fingerprint density at radius 3 is 2.56 bits per heavy atom. The summed E-state index contributed by atoms with van der Waals surface area (Å²) < 4.78 is 13.2. The summed E-state index contributed by atoms with van der Waals surface area (Å²) in [5, 5.41) is 3.85. The van der Waals surface area contributed by atoms with E-state index in [9.17, 15) is 4.39 Å². The van der Waals surface area contributed by atoms with Gasteiger partial charge in [0.25, 0.3) is 0 Å². The van der Waals surface area contributed by atoms with Crippen LogP contribution in [0.2, 0.25) is 10.0 Å². The van der Waals surface area contributed by atoms with E-state index < -0.39 is 5.82 Å². The second kappa shape index (κ2) is 5.70. The SMILES string of the molecule is CNCc1ccc(Cl)cc1-c1ccc(F)c(Cl)c1. The van der Waals surface area contributed by atoms with Crippen molar-refractivity contribution in [2.45, 2.75) is 6.54 Å². The molecule has 0 radical (unpaired) electrons. The average Bonchev–Trinajstić information content (AvgIpc) is 2.35. The maximum Gasteiger partial charge on any atom is 0.141 e. The monoisotopic (exact) mass is 283 g/mol. The van der Waals surface area contributed by atoms with Crippen LogP contribution in [0.1, 0.15) is 5.56 Å². The van der Waals surface area contributed by atoms with E-state index in [1.54, 1.807) is 12.1 Å². The summed E-state index contributed by atoms with van der Waals surface area (Å²) in [4.78, 5) is 0. The van der Waals surface area contributed by atoms with Crippen molar-refractivity contribution < 1.29 is 4.39 Å². The van der Waals surface area contributed by atoms with Crippen molar-refractivity contribution in [1.82, 2.24) is 5.32 Å². The summed E-state index contributed by atoms with van der Waals surface area (Å²) in [5.41, 5.74) is 2.90. The van der Waals surface area contributed by atoms with E-state index >= 15 is 0 Å². The van der Waals surface area contributed by atoms with Gasteiger partial charge in [-0.2, -0.15) is 0 Å². The molecule has 0 bridgehead atoms. The largest absolute Gasteiger partial charge is 0.316 e. The van der Waals surface area contributed by atoms with Gasteiger partial charge in [-0.15, -0.1) is 0 Å². The zero-order valence-electron chi connectivity index (χ0n) is 9.81. The van der Waals surface area contributed by atoms with Crippen molar-refractivity contribution in [3.63, 3.8) is 0 Å². The molecule has 0 spiro atoms. The van der Waals surface area contributed by atoms with Crippen molar-refractivity contribution in [2.24, 2.45) is 0 Å². The first-order valence-electron chi connectivity index (χ1n) is 5.50. The van der Waals surface area contributed by atoms with Crippen molar-refractivity contribution in [2.75, 3.05) is 7.05 Å². The third-order valence-corrected chi connectivity index (χ3v) is 3.19. The van der Waals surface area contributed by atoms with Crippen LogP contribution >= 0.6 is 23.2 Å². The minimum Gasteiger partial charge on any atom is -0.316 e. The standard InChI is InChI=1S/C14H12Cl2FN/c1-18-8-10-2-4-11(15)7-12(10)9-3-5-14(17)13(16)6-9/h2-7,18H,8H2,1H3. The molecule has 0 amide bonds. The van der Waals surface area contributed by atoms with E-state index in [0.717, 1.165) is 16.7 Å². The molecule has 0 saturated carbocycles. The number of halogens is 3. The highest BCUT2D eigenvalue weighted by atomic mass is 35.5. The highest BCUT2D eigenvalue weighted by Crippen LogP contribution is 2.30. The van der Waals surface area contributed by atoms with Gasteiger partial charge in [-0.1, -0.05) is 35.3 Å². The molecule has 0 unspecified atom stereocenters. The molecule has 0 fully saturated rings. The molecule has 2 aromatic rings. The number of hydrogen-bond acceptors (Lipinski definition) is 1. The Bertz CT molecular complexity index is 570. The lowest BCUT2D eigenvalue weighted by molar-refractivity contribution is 0.628. The lowest BCUT2D eigenvalue weighted by Gasteiger charge is -2.10. The lowest BCUT2D eigenvalue weighted by atomic mass is 9.99. The Kier molecular flexibility index (Phi) is 4.23. The molecular weight excluding hydrogens is 272 g/mol. The Hall–Kier alpha value is -1.09. The molecule has 0 heterocycles. The fraction of sp³-hybridized carbons (Fsp3) is 0.143. The molecular formula is C14H12Cl2FN. The van der Waals surface area contributed by atoms with Crippen LogP contribution in [0, 0.1) is 5.82 Å². The summed E-state index contributed by atoms with van der Waals surface area (Å²) in [6.45, 7) is 0.710. The van der Waals surface area contributed by atoms with E-state index in [1.165, 1.54) is 6.07 Å². The third kappa shape index (κ3) is 2.83. The normalized spacial score (nSPS) is 10.7. The van der Waals surface area contributed by atoms with Crippen LogP contribution in [0.25, 0.3) is 11.1 Å². The zero-order chi connectivity index (χ0) is 13.1. The lowest BCUT2D eigenvalue weighted by Crippen LogP contribution is -2.06. The van der Waals surface area contributed by atoms with Crippen LogP contribution < -0.4 is 5.32 Å². The van der Waals surface area contributed by atoms with Gasteiger partial charge in [0, 0.05) is 11.6 Å². The van der Waals surface area contributed by atoms with E-state index in [4.69, 9.17) is 23.2 Å².